The topological polar surface area (TPSA) is 38.1 Å². The summed E-state index contributed by atoms with van der Waals surface area (Å²) >= 11 is 6.00. The molecular weight excluding hydrogens is 238 g/mol. The van der Waals surface area contributed by atoms with Crippen LogP contribution in [-0.2, 0) is 11.8 Å². The fraction of sp³-hybridized carbons (Fsp3) is 0.333. The number of hydrogen-bond donors (Lipinski definition) is 0. The van der Waals surface area contributed by atoms with Gasteiger partial charge in [-0.3, -0.25) is 9.48 Å². The van der Waals surface area contributed by atoms with Crippen molar-refractivity contribution in [3.8, 4) is 0 Å². The molecular formula is C12H12ClN3O. The summed E-state index contributed by atoms with van der Waals surface area (Å²) in [6.07, 6.45) is 2.37. The molecule has 1 unspecified atom stereocenters. The summed E-state index contributed by atoms with van der Waals surface area (Å²) in [5.74, 6) is 0.0910. The molecule has 1 aliphatic rings. The van der Waals surface area contributed by atoms with E-state index in [1.807, 2.05) is 31.4 Å². The van der Waals surface area contributed by atoms with Crippen LogP contribution in [0.4, 0.5) is 5.69 Å². The van der Waals surface area contributed by atoms with Crippen molar-refractivity contribution >= 4 is 34.1 Å². The van der Waals surface area contributed by atoms with Gasteiger partial charge in [0, 0.05) is 37.3 Å². The van der Waals surface area contributed by atoms with Crippen LogP contribution in [0.1, 0.15) is 6.42 Å². The molecule has 1 amide bonds. The van der Waals surface area contributed by atoms with Crippen LogP contribution in [0, 0.1) is 0 Å². The number of anilines is 1. The van der Waals surface area contributed by atoms with Gasteiger partial charge in [-0.15, -0.1) is 11.6 Å². The van der Waals surface area contributed by atoms with Crippen LogP contribution in [-0.4, -0.2) is 27.6 Å². The maximum absolute atomic E-state index is 11.7. The Bertz CT molecular complexity index is 592. The fourth-order valence-corrected chi connectivity index (χ4v) is 2.49. The van der Waals surface area contributed by atoms with Gasteiger partial charge in [0.25, 0.3) is 0 Å². The van der Waals surface area contributed by atoms with Gasteiger partial charge >= 0.3 is 0 Å². The number of fused-ring (bicyclic) bond motifs is 1. The quantitative estimate of drug-likeness (QED) is 0.725. The van der Waals surface area contributed by atoms with E-state index in [1.165, 1.54) is 0 Å². The maximum Gasteiger partial charge on any atom is 0.228 e. The third-order valence-corrected chi connectivity index (χ3v) is 3.28. The fourth-order valence-electron chi connectivity index (χ4n) is 2.22. The average Bonchev–Trinajstić information content (AvgIpc) is 2.78. The zero-order valence-corrected chi connectivity index (χ0v) is 10.2. The van der Waals surface area contributed by atoms with Gasteiger partial charge in [0.1, 0.15) is 0 Å². The minimum Gasteiger partial charge on any atom is -0.311 e. The van der Waals surface area contributed by atoms with Crippen LogP contribution >= 0.6 is 11.6 Å². The lowest BCUT2D eigenvalue weighted by molar-refractivity contribution is -0.117. The van der Waals surface area contributed by atoms with Crippen molar-refractivity contribution in [1.29, 1.82) is 0 Å². The van der Waals surface area contributed by atoms with Gasteiger partial charge in [-0.05, 0) is 18.2 Å². The SMILES string of the molecule is Cn1cc2cc(N3CC(Cl)CC3=O)ccc2n1. The molecule has 0 N–H and O–H groups in total. The van der Waals surface area contributed by atoms with Crippen LogP contribution < -0.4 is 4.90 Å². The van der Waals surface area contributed by atoms with Crippen LogP contribution in [0.5, 0.6) is 0 Å². The van der Waals surface area contributed by atoms with Gasteiger partial charge in [0.05, 0.1) is 10.9 Å². The van der Waals surface area contributed by atoms with Gasteiger partial charge in [0.2, 0.25) is 5.91 Å². The predicted octanol–water partition coefficient (Wildman–Crippen LogP) is 1.92. The molecule has 2 aromatic rings. The summed E-state index contributed by atoms with van der Waals surface area (Å²) in [7, 11) is 1.88. The van der Waals surface area contributed by atoms with Crippen molar-refractivity contribution in [2.24, 2.45) is 7.05 Å². The van der Waals surface area contributed by atoms with E-state index < -0.39 is 0 Å². The zero-order chi connectivity index (χ0) is 12.0. The summed E-state index contributed by atoms with van der Waals surface area (Å²) in [5, 5.41) is 5.26. The molecule has 1 aromatic heterocycles. The Morgan fingerprint density at radius 3 is 3.00 bits per heavy atom. The molecule has 1 fully saturated rings. The molecule has 0 saturated carbocycles. The molecule has 17 heavy (non-hydrogen) atoms. The lowest BCUT2D eigenvalue weighted by Crippen LogP contribution is -2.24. The molecule has 3 rings (SSSR count). The minimum absolute atomic E-state index is 0.0768. The van der Waals surface area contributed by atoms with E-state index in [-0.39, 0.29) is 11.3 Å². The predicted molar refractivity (Wildman–Crippen MR) is 67.3 cm³/mol. The van der Waals surface area contributed by atoms with E-state index in [0.717, 1.165) is 16.6 Å². The normalized spacial score (nSPS) is 20.5. The Kier molecular flexibility index (Phi) is 2.33. The van der Waals surface area contributed by atoms with Crippen molar-refractivity contribution in [3.63, 3.8) is 0 Å². The average molecular weight is 250 g/mol. The Hall–Kier alpha value is -1.55. The van der Waals surface area contributed by atoms with Crippen LogP contribution in [0.25, 0.3) is 10.9 Å². The van der Waals surface area contributed by atoms with Crippen LogP contribution in [0.2, 0.25) is 0 Å². The van der Waals surface area contributed by atoms with Gasteiger partial charge in [-0.25, -0.2) is 0 Å². The Morgan fingerprint density at radius 1 is 1.47 bits per heavy atom. The molecule has 1 aromatic carbocycles. The molecule has 1 saturated heterocycles. The Morgan fingerprint density at radius 2 is 2.29 bits per heavy atom. The number of hydrogen-bond acceptors (Lipinski definition) is 2. The number of amides is 1. The lowest BCUT2D eigenvalue weighted by Gasteiger charge is -2.15. The smallest absolute Gasteiger partial charge is 0.228 e. The van der Waals surface area contributed by atoms with E-state index in [9.17, 15) is 4.79 Å². The van der Waals surface area contributed by atoms with E-state index >= 15 is 0 Å². The molecule has 4 nitrogen and oxygen atoms in total. The van der Waals surface area contributed by atoms with Gasteiger partial charge in [-0.1, -0.05) is 0 Å². The molecule has 1 aliphatic heterocycles. The molecule has 5 heteroatoms. The van der Waals surface area contributed by atoms with E-state index in [2.05, 4.69) is 5.10 Å². The number of benzene rings is 1. The standard InChI is InChI=1S/C12H12ClN3O/c1-15-6-8-4-10(2-3-11(8)14-15)16-7-9(13)5-12(16)17/h2-4,6,9H,5,7H2,1H3. The first kappa shape index (κ1) is 10.6. The van der Waals surface area contributed by atoms with Crippen molar-refractivity contribution in [1.82, 2.24) is 9.78 Å². The summed E-state index contributed by atoms with van der Waals surface area (Å²) < 4.78 is 1.77. The van der Waals surface area contributed by atoms with Gasteiger partial charge in [0.15, 0.2) is 0 Å². The van der Waals surface area contributed by atoms with Crippen molar-refractivity contribution in [3.05, 3.63) is 24.4 Å². The van der Waals surface area contributed by atoms with Crippen LogP contribution in [0.3, 0.4) is 0 Å². The lowest BCUT2D eigenvalue weighted by atomic mass is 10.2. The number of nitrogens with zero attached hydrogens (tertiary/aromatic N) is 3. The number of carbonyl (C=O) groups excluding carboxylic acids is 1. The highest BCUT2D eigenvalue weighted by Crippen LogP contribution is 2.26. The van der Waals surface area contributed by atoms with Gasteiger partial charge in [-0.2, -0.15) is 5.10 Å². The van der Waals surface area contributed by atoms with E-state index in [4.69, 9.17) is 11.6 Å². The second-order valence-electron chi connectivity index (χ2n) is 4.35. The van der Waals surface area contributed by atoms with E-state index in [0.29, 0.717) is 13.0 Å². The van der Waals surface area contributed by atoms with E-state index in [1.54, 1.807) is 9.58 Å². The third-order valence-electron chi connectivity index (χ3n) is 2.99. The van der Waals surface area contributed by atoms with Crippen molar-refractivity contribution in [2.45, 2.75) is 11.8 Å². The molecule has 1 atom stereocenters. The molecule has 0 bridgehead atoms. The number of rotatable bonds is 1. The highest BCUT2D eigenvalue weighted by molar-refractivity contribution is 6.24. The zero-order valence-electron chi connectivity index (χ0n) is 9.43. The number of halogens is 1. The van der Waals surface area contributed by atoms with Gasteiger partial charge < -0.3 is 4.90 Å². The summed E-state index contributed by atoms with van der Waals surface area (Å²) in [4.78, 5) is 13.5. The first-order valence-electron chi connectivity index (χ1n) is 5.51. The highest BCUT2D eigenvalue weighted by atomic mass is 35.5. The largest absolute Gasteiger partial charge is 0.311 e. The number of carbonyl (C=O) groups is 1. The molecule has 0 spiro atoms. The number of aryl methyl sites for hydroxylation is 1. The first-order chi connectivity index (χ1) is 8.13. The second kappa shape index (κ2) is 3.74. The van der Waals surface area contributed by atoms with Crippen LogP contribution in [0.15, 0.2) is 24.4 Å². The summed E-state index contributed by atoms with van der Waals surface area (Å²) in [5.41, 5.74) is 1.84. The Balaban J connectivity index is 2.03. The number of alkyl halides is 1. The second-order valence-corrected chi connectivity index (χ2v) is 4.97. The summed E-state index contributed by atoms with van der Waals surface area (Å²) in [6, 6.07) is 5.83. The minimum atomic E-state index is -0.0768. The molecule has 2 heterocycles. The molecule has 88 valence electrons. The summed E-state index contributed by atoms with van der Waals surface area (Å²) in [6.45, 7) is 0.589. The molecule has 0 radical (unpaired) electrons. The Labute approximate surface area is 104 Å². The monoisotopic (exact) mass is 249 g/mol. The van der Waals surface area contributed by atoms with Crippen molar-refractivity contribution < 1.29 is 4.79 Å². The molecule has 0 aliphatic carbocycles. The highest BCUT2D eigenvalue weighted by Gasteiger charge is 2.29. The first-order valence-corrected chi connectivity index (χ1v) is 5.95. The van der Waals surface area contributed by atoms with Crippen molar-refractivity contribution in [2.75, 3.05) is 11.4 Å². The maximum atomic E-state index is 11.7. The third kappa shape index (κ3) is 1.78. The number of aromatic nitrogens is 2.